The molecule has 0 spiro atoms. The minimum atomic E-state index is -1.01. The van der Waals surface area contributed by atoms with E-state index in [1.165, 1.54) is 24.5 Å². The van der Waals surface area contributed by atoms with Crippen molar-refractivity contribution in [1.82, 2.24) is 20.8 Å². The predicted molar refractivity (Wildman–Crippen MR) is 134 cm³/mol. The molecule has 2 amide bonds. The molecule has 12 heteroatoms. The van der Waals surface area contributed by atoms with Crippen LogP contribution in [0, 0.1) is 18.8 Å². The lowest BCUT2D eigenvalue weighted by Gasteiger charge is -2.25. The Morgan fingerprint density at radius 1 is 1.22 bits per heavy atom. The van der Waals surface area contributed by atoms with Gasteiger partial charge in [0.15, 0.2) is 17.3 Å². The number of Topliss-reactive ketones (excluding diaryl/α,β-unsaturated/α-hetero) is 2. The molecule has 0 bridgehead atoms. The maximum absolute atomic E-state index is 13.5. The Bertz CT molecular complexity index is 1090. The molecule has 3 rings (SSSR count). The summed E-state index contributed by atoms with van der Waals surface area (Å²) in [5, 5.41) is 11.0. The number of aryl methyl sites for hydroxylation is 1. The number of carbonyl (C=O) groups is 4. The minimum absolute atomic E-state index is 0.0361. The highest BCUT2D eigenvalue weighted by molar-refractivity contribution is 7.07. The average molecular weight is 535 g/mol. The van der Waals surface area contributed by atoms with Gasteiger partial charge >= 0.3 is 0 Å². The molecule has 2 aromatic rings. The van der Waals surface area contributed by atoms with Crippen molar-refractivity contribution in [2.75, 3.05) is 20.3 Å². The van der Waals surface area contributed by atoms with Gasteiger partial charge in [-0.2, -0.15) is 0 Å². The SMILES string of the molecule is COC[C@H](NC(=O)c1cc(C)on1)C(=O)CC(Cc1cscn1)C(=O)N[C@@H](CC(C)C)C(=O)[C@@]1(C)CO1. The van der Waals surface area contributed by atoms with Crippen LogP contribution in [-0.4, -0.2) is 71.5 Å². The number of hydrogen-bond donors (Lipinski definition) is 2. The Morgan fingerprint density at radius 3 is 2.49 bits per heavy atom. The van der Waals surface area contributed by atoms with Crippen LogP contribution < -0.4 is 10.6 Å². The van der Waals surface area contributed by atoms with E-state index in [1.54, 1.807) is 19.4 Å². The molecule has 3 heterocycles. The number of ether oxygens (including phenoxy) is 2. The van der Waals surface area contributed by atoms with Gasteiger partial charge in [-0.15, -0.1) is 11.3 Å². The molecule has 0 aliphatic carbocycles. The number of ketones is 2. The highest BCUT2D eigenvalue weighted by Gasteiger charge is 2.50. The Labute approximate surface area is 219 Å². The smallest absolute Gasteiger partial charge is 0.274 e. The highest BCUT2D eigenvalue weighted by Crippen LogP contribution is 2.30. The number of thiazole rings is 1. The number of carbonyl (C=O) groups excluding carboxylic acids is 4. The average Bonchev–Trinajstić information content (AvgIpc) is 3.20. The lowest BCUT2D eigenvalue weighted by atomic mass is 9.90. The lowest BCUT2D eigenvalue weighted by Crippen LogP contribution is -2.50. The van der Waals surface area contributed by atoms with Crippen LogP contribution in [0.25, 0.3) is 0 Å². The number of nitrogens with zero attached hydrogens (tertiary/aromatic N) is 2. The van der Waals surface area contributed by atoms with E-state index in [4.69, 9.17) is 14.0 Å². The van der Waals surface area contributed by atoms with Crippen molar-refractivity contribution < 1.29 is 33.2 Å². The van der Waals surface area contributed by atoms with Crippen LogP contribution in [-0.2, 0) is 30.3 Å². The summed E-state index contributed by atoms with van der Waals surface area (Å²) in [5.74, 6) is -1.80. The monoisotopic (exact) mass is 534 g/mol. The molecule has 4 atom stereocenters. The van der Waals surface area contributed by atoms with Gasteiger partial charge in [-0.05, 0) is 26.2 Å². The summed E-state index contributed by atoms with van der Waals surface area (Å²) in [7, 11) is 1.41. The van der Waals surface area contributed by atoms with Gasteiger partial charge in [0.1, 0.15) is 17.4 Å². The van der Waals surface area contributed by atoms with Crippen LogP contribution in [0.1, 0.15) is 55.6 Å². The predicted octanol–water partition coefficient (Wildman–Crippen LogP) is 1.89. The number of epoxide rings is 1. The fraction of sp³-hybridized carbons (Fsp3) is 0.600. The van der Waals surface area contributed by atoms with E-state index in [1.807, 2.05) is 19.2 Å². The minimum Gasteiger partial charge on any atom is -0.382 e. The third-order valence-electron chi connectivity index (χ3n) is 6.08. The van der Waals surface area contributed by atoms with Crippen molar-refractivity contribution in [3.05, 3.63) is 34.1 Å². The molecular formula is C25H34N4O7S. The van der Waals surface area contributed by atoms with Crippen LogP contribution in [0.4, 0.5) is 0 Å². The van der Waals surface area contributed by atoms with Gasteiger partial charge in [0.2, 0.25) is 5.91 Å². The summed E-state index contributed by atoms with van der Waals surface area (Å²) in [6.07, 6.45) is 0.458. The molecule has 1 aliphatic heterocycles. The van der Waals surface area contributed by atoms with Gasteiger partial charge < -0.3 is 24.6 Å². The Morgan fingerprint density at radius 2 is 1.95 bits per heavy atom. The zero-order valence-electron chi connectivity index (χ0n) is 21.7. The topological polar surface area (TPSA) is 153 Å². The maximum atomic E-state index is 13.5. The van der Waals surface area contributed by atoms with E-state index >= 15 is 0 Å². The van der Waals surface area contributed by atoms with Crippen molar-refractivity contribution in [2.45, 2.75) is 64.6 Å². The van der Waals surface area contributed by atoms with Crippen molar-refractivity contribution in [3.8, 4) is 0 Å². The van der Waals surface area contributed by atoms with Gasteiger partial charge in [0, 0.05) is 31.4 Å². The van der Waals surface area contributed by atoms with Crippen LogP contribution in [0.3, 0.4) is 0 Å². The summed E-state index contributed by atoms with van der Waals surface area (Å²) in [5.41, 5.74) is 1.46. The Hall–Kier alpha value is -2.96. The van der Waals surface area contributed by atoms with E-state index in [0.29, 0.717) is 24.5 Å². The number of rotatable bonds is 15. The molecule has 1 unspecified atom stereocenters. The quantitative estimate of drug-likeness (QED) is 0.326. The van der Waals surface area contributed by atoms with Crippen LogP contribution >= 0.6 is 11.3 Å². The van der Waals surface area contributed by atoms with Crippen LogP contribution in [0.15, 0.2) is 21.5 Å². The lowest BCUT2D eigenvalue weighted by molar-refractivity contribution is -0.134. The molecule has 1 saturated heterocycles. The van der Waals surface area contributed by atoms with Gasteiger partial charge in [-0.3, -0.25) is 19.2 Å². The molecule has 0 aromatic carbocycles. The summed E-state index contributed by atoms with van der Waals surface area (Å²) in [6.45, 7) is 7.52. The summed E-state index contributed by atoms with van der Waals surface area (Å²) < 4.78 is 15.4. The van der Waals surface area contributed by atoms with Gasteiger partial charge in [-0.25, -0.2) is 4.98 Å². The molecule has 202 valence electrons. The second-order valence-corrected chi connectivity index (χ2v) is 10.6. The number of nitrogens with one attached hydrogen (secondary N) is 2. The first-order valence-corrected chi connectivity index (χ1v) is 13.1. The fourth-order valence-corrected chi connectivity index (χ4v) is 4.50. The summed E-state index contributed by atoms with van der Waals surface area (Å²) >= 11 is 1.38. The first-order chi connectivity index (χ1) is 17.5. The van der Waals surface area contributed by atoms with Crippen molar-refractivity contribution in [3.63, 3.8) is 0 Å². The molecule has 2 aromatic heterocycles. The second kappa shape index (κ2) is 12.5. The Balaban J connectivity index is 1.75. The number of aromatic nitrogens is 2. The van der Waals surface area contributed by atoms with Crippen molar-refractivity contribution >= 4 is 34.7 Å². The third-order valence-corrected chi connectivity index (χ3v) is 6.72. The molecule has 2 N–H and O–H groups in total. The van der Waals surface area contributed by atoms with Gasteiger partial charge in [-0.1, -0.05) is 19.0 Å². The van der Waals surface area contributed by atoms with Crippen molar-refractivity contribution in [2.24, 2.45) is 11.8 Å². The molecule has 1 fully saturated rings. The van der Waals surface area contributed by atoms with E-state index in [0.717, 1.165) is 0 Å². The van der Waals surface area contributed by atoms with Gasteiger partial charge in [0.05, 0.1) is 36.4 Å². The summed E-state index contributed by atoms with van der Waals surface area (Å²) in [4.78, 5) is 56.6. The third kappa shape index (κ3) is 8.01. The van der Waals surface area contributed by atoms with Crippen molar-refractivity contribution in [1.29, 1.82) is 0 Å². The number of methoxy groups -OCH3 is 1. The van der Waals surface area contributed by atoms with Crippen LogP contribution in [0.5, 0.6) is 0 Å². The largest absolute Gasteiger partial charge is 0.382 e. The molecule has 0 radical (unpaired) electrons. The first-order valence-electron chi connectivity index (χ1n) is 12.1. The maximum Gasteiger partial charge on any atom is 0.274 e. The highest BCUT2D eigenvalue weighted by atomic mass is 32.1. The number of hydrogen-bond acceptors (Lipinski definition) is 10. The normalized spacial score (nSPS) is 19.2. The molecular weight excluding hydrogens is 500 g/mol. The molecule has 11 nitrogen and oxygen atoms in total. The zero-order chi connectivity index (χ0) is 27.2. The van der Waals surface area contributed by atoms with E-state index in [9.17, 15) is 19.2 Å². The number of amides is 2. The van der Waals surface area contributed by atoms with Crippen LogP contribution in [0.2, 0.25) is 0 Å². The van der Waals surface area contributed by atoms with E-state index in [-0.39, 0.29) is 36.8 Å². The first kappa shape index (κ1) is 28.6. The molecule has 37 heavy (non-hydrogen) atoms. The molecule has 0 saturated carbocycles. The molecule has 1 aliphatic rings. The van der Waals surface area contributed by atoms with E-state index < -0.39 is 41.2 Å². The van der Waals surface area contributed by atoms with Gasteiger partial charge in [0.25, 0.3) is 5.91 Å². The fourth-order valence-electron chi connectivity index (χ4n) is 3.93. The Kier molecular flexibility index (Phi) is 9.68. The summed E-state index contributed by atoms with van der Waals surface area (Å²) in [6, 6.07) is -0.289. The van der Waals surface area contributed by atoms with E-state index in [2.05, 4.69) is 20.8 Å². The second-order valence-electron chi connectivity index (χ2n) is 9.93. The standard InChI is InChI=1S/C25H34N4O7S/c1-14(2)6-18(22(31)25(4)12-35-25)27-23(32)16(8-17-11-37-13-26-17)9-21(30)20(10-34-5)28-24(33)19-7-15(3)36-29-19/h7,11,13-14,16,18,20H,6,8-10,12H2,1-5H3,(H,27,32)(H,28,33)/t16?,18-,20-,25+/m0/s1. The zero-order valence-corrected chi connectivity index (χ0v) is 22.6.